The van der Waals surface area contributed by atoms with Gasteiger partial charge in [0.15, 0.2) is 0 Å². The summed E-state index contributed by atoms with van der Waals surface area (Å²) in [4.78, 5) is 4.32. The third-order valence-corrected chi connectivity index (χ3v) is 2.83. The van der Waals surface area contributed by atoms with E-state index < -0.39 is 0 Å². The molecule has 1 N–H and O–H groups in total. The Hall–Kier alpha value is -1.13. The first-order valence-electron chi connectivity index (χ1n) is 7.38. The highest BCUT2D eigenvalue weighted by Crippen LogP contribution is 2.14. The molecule has 1 rings (SSSR count). The fourth-order valence-corrected chi connectivity index (χ4v) is 1.71. The van der Waals surface area contributed by atoms with E-state index in [1.54, 1.807) is 0 Å². The predicted molar refractivity (Wildman–Crippen MR) is 82.1 cm³/mol. The zero-order chi connectivity index (χ0) is 15.0. The summed E-state index contributed by atoms with van der Waals surface area (Å²) >= 11 is 0. The molecule has 0 aliphatic heterocycles. The molecule has 1 aromatic rings. The first kappa shape index (κ1) is 16.9. The summed E-state index contributed by atoms with van der Waals surface area (Å²) < 4.78 is 11.2. The van der Waals surface area contributed by atoms with E-state index in [0.717, 1.165) is 13.0 Å². The minimum atomic E-state index is -0.124. The van der Waals surface area contributed by atoms with Crippen LogP contribution in [0.2, 0.25) is 0 Å². The fraction of sp³-hybridized carbons (Fsp3) is 0.688. The van der Waals surface area contributed by atoms with E-state index in [-0.39, 0.29) is 5.60 Å². The molecule has 4 heteroatoms. The maximum atomic E-state index is 5.59. The second kappa shape index (κ2) is 8.22. The van der Waals surface area contributed by atoms with E-state index in [1.165, 1.54) is 5.56 Å². The summed E-state index contributed by atoms with van der Waals surface area (Å²) in [5, 5.41) is 3.44. The molecule has 0 amide bonds. The molecule has 1 unspecified atom stereocenters. The Morgan fingerprint density at radius 1 is 1.25 bits per heavy atom. The van der Waals surface area contributed by atoms with Crippen molar-refractivity contribution in [2.75, 3.05) is 19.8 Å². The van der Waals surface area contributed by atoms with Gasteiger partial charge in [-0.05, 0) is 46.2 Å². The van der Waals surface area contributed by atoms with Crippen LogP contribution in [0.4, 0.5) is 0 Å². The van der Waals surface area contributed by atoms with Gasteiger partial charge in [0.1, 0.15) is 6.61 Å². The van der Waals surface area contributed by atoms with Crippen LogP contribution in [0, 0.1) is 0 Å². The average Bonchev–Trinajstić information content (AvgIpc) is 2.40. The van der Waals surface area contributed by atoms with E-state index >= 15 is 0 Å². The third-order valence-electron chi connectivity index (χ3n) is 2.83. The number of pyridine rings is 1. The third kappa shape index (κ3) is 6.87. The predicted octanol–water partition coefficient (Wildman–Crippen LogP) is 3.34. The van der Waals surface area contributed by atoms with Crippen molar-refractivity contribution in [3.05, 3.63) is 23.9 Å². The molecule has 0 saturated carbocycles. The Morgan fingerprint density at radius 2 is 2.00 bits per heavy atom. The summed E-state index contributed by atoms with van der Waals surface area (Å²) in [5.74, 6) is 0.647. The van der Waals surface area contributed by atoms with Crippen molar-refractivity contribution in [3.63, 3.8) is 0 Å². The molecule has 1 atom stereocenters. The van der Waals surface area contributed by atoms with Crippen LogP contribution in [0.3, 0.4) is 0 Å². The van der Waals surface area contributed by atoms with Crippen LogP contribution in [-0.2, 0) is 4.74 Å². The highest BCUT2D eigenvalue weighted by Gasteiger charge is 2.09. The molecule has 0 bridgehead atoms. The first-order valence-corrected chi connectivity index (χ1v) is 7.38. The lowest BCUT2D eigenvalue weighted by atomic mass is 10.1. The lowest BCUT2D eigenvalue weighted by Crippen LogP contribution is -2.22. The molecular weight excluding hydrogens is 252 g/mol. The lowest BCUT2D eigenvalue weighted by molar-refractivity contribution is -0.0168. The van der Waals surface area contributed by atoms with Crippen LogP contribution >= 0.6 is 0 Å². The fourth-order valence-electron chi connectivity index (χ4n) is 1.71. The van der Waals surface area contributed by atoms with Gasteiger partial charge in [-0.3, -0.25) is 0 Å². The molecule has 114 valence electrons. The number of aromatic nitrogens is 1. The molecule has 0 radical (unpaired) electrons. The van der Waals surface area contributed by atoms with E-state index in [0.29, 0.717) is 25.1 Å². The Labute approximate surface area is 122 Å². The van der Waals surface area contributed by atoms with Gasteiger partial charge in [0.2, 0.25) is 5.88 Å². The first-order chi connectivity index (χ1) is 9.42. The molecular formula is C16H28N2O2. The molecule has 0 spiro atoms. The number of nitrogens with zero attached hydrogens (tertiary/aromatic N) is 1. The lowest BCUT2D eigenvalue weighted by Gasteiger charge is -2.19. The second-order valence-electron chi connectivity index (χ2n) is 5.91. The van der Waals surface area contributed by atoms with Crippen LogP contribution < -0.4 is 10.1 Å². The Morgan fingerprint density at radius 3 is 2.55 bits per heavy atom. The van der Waals surface area contributed by atoms with E-state index in [2.05, 4.69) is 30.2 Å². The van der Waals surface area contributed by atoms with Gasteiger partial charge in [-0.1, -0.05) is 13.0 Å². The number of hydrogen-bond acceptors (Lipinski definition) is 4. The topological polar surface area (TPSA) is 43.4 Å². The summed E-state index contributed by atoms with van der Waals surface area (Å²) in [6.07, 6.45) is 3.00. The van der Waals surface area contributed by atoms with Gasteiger partial charge in [0, 0.05) is 18.3 Å². The highest BCUT2D eigenvalue weighted by atomic mass is 16.5. The largest absolute Gasteiger partial charge is 0.475 e. The van der Waals surface area contributed by atoms with Crippen LogP contribution in [0.5, 0.6) is 5.88 Å². The van der Waals surface area contributed by atoms with Gasteiger partial charge in [-0.15, -0.1) is 0 Å². The number of nitrogens with one attached hydrogen (secondary N) is 1. The van der Waals surface area contributed by atoms with E-state index in [9.17, 15) is 0 Å². The van der Waals surface area contributed by atoms with Crippen molar-refractivity contribution < 1.29 is 9.47 Å². The zero-order valence-corrected chi connectivity index (χ0v) is 13.4. The van der Waals surface area contributed by atoms with Crippen LogP contribution in [0.25, 0.3) is 0 Å². The summed E-state index contributed by atoms with van der Waals surface area (Å²) in [6.45, 7) is 12.5. The van der Waals surface area contributed by atoms with Crippen molar-refractivity contribution in [1.82, 2.24) is 10.3 Å². The van der Waals surface area contributed by atoms with Gasteiger partial charge < -0.3 is 14.8 Å². The average molecular weight is 280 g/mol. The monoisotopic (exact) mass is 280 g/mol. The zero-order valence-electron chi connectivity index (χ0n) is 13.4. The molecule has 1 aromatic heterocycles. The maximum Gasteiger partial charge on any atom is 0.213 e. The van der Waals surface area contributed by atoms with Gasteiger partial charge in [0.05, 0.1) is 12.2 Å². The highest BCUT2D eigenvalue weighted by molar-refractivity contribution is 5.20. The summed E-state index contributed by atoms with van der Waals surface area (Å²) in [5.41, 5.74) is 1.05. The Bertz CT molecular complexity index is 371. The number of hydrogen-bond donors (Lipinski definition) is 1. The second-order valence-corrected chi connectivity index (χ2v) is 5.91. The minimum Gasteiger partial charge on any atom is -0.475 e. The maximum absolute atomic E-state index is 5.59. The molecule has 0 aromatic carbocycles. The van der Waals surface area contributed by atoms with Crippen LogP contribution in [0.1, 0.15) is 52.6 Å². The normalized spacial score (nSPS) is 13.2. The quantitative estimate of drug-likeness (QED) is 0.742. The van der Waals surface area contributed by atoms with Gasteiger partial charge in [0.25, 0.3) is 0 Å². The van der Waals surface area contributed by atoms with Crippen molar-refractivity contribution >= 4 is 0 Å². The smallest absolute Gasteiger partial charge is 0.213 e. The number of rotatable bonds is 8. The van der Waals surface area contributed by atoms with Crippen molar-refractivity contribution in [1.29, 1.82) is 0 Å². The molecule has 0 fully saturated rings. The van der Waals surface area contributed by atoms with Crippen molar-refractivity contribution in [3.8, 4) is 5.88 Å². The van der Waals surface area contributed by atoms with Gasteiger partial charge in [-0.25, -0.2) is 4.98 Å². The SMILES string of the molecule is CCCNC(C)c1ccc(OCCOC(C)(C)C)nc1. The van der Waals surface area contributed by atoms with E-state index in [4.69, 9.17) is 9.47 Å². The van der Waals surface area contributed by atoms with Gasteiger partial charge >= 0.3 is 0 Å². The summed E-state index contributed by atoms with van der Waals surface area (Å²) in [6, 6.07) is 4.29. The summed E-state index contributed by atoms with van der Waals surface area (Å²) in [7, 11) is 0. The van der Waals surface area contributed by atoms with Crippen LogP contribution in [0.15, 0.2) is 18.3 Å². The standard InChI is InChI=1S/C16H28N2O2/c1-6-9-17-13(2)14-7-8-15(18-12-14)19-10-11-20-16(3,4)5/h7-8,12-13,17H,6,9-11H2,1-5H3. The van der Waals surface area contributed by atoms with Crippen molar-refractivity contribution in [2.24, 2.45) is 0 Å². The van der Waals surface area contributed by atoms with Crippen molar-refractivity contribution in [2.45, 2.75) is 52.7 Å². The number of ether oxygens (including phenoxy) is 2. The Balaban J connectivity index is 2.35. The minimum absolute atomic E-state index is 0.124. The molecule has 4 nitrogen and oxygen atoms in total. The van der Waals surface area contributed by atoms with Crippen LogP contribution in [-0.4, -0.2) is 30.3 Å². The van der Waals surface area contributed by atoms with E-state index in [1.807, 2.05) is 33.0 Å². The molecule has 1 heterocycles. The van der Waals surface area contributed by atoms with Gasteiger partial charge in [-0.2, -0.15) is 0 Å². The molecule has 0 aliphatic carbocycles. The molecule has 0 saturated heterocycles. The molecule has 20 heavy (non-hydrogen) atoms. The molecule has 0 aliphatic rings. The Kier molecular flexibility index (Phi) is 6.96.